The van der Waals surface area contributed by atoms with Gasteiger partial charge in [-0.1, -0.05) is 0 Å². The number of rotatable bonds is 2. The largest absolute Gasteiger partial charge is 0.300 e. The van der Waals surface area contributed by atoms with Gasteiger partial charge in [-0.3, -0.25) is 9.78 Å². The first-order chi connectivity index (χ1) is 6.75. The molecule has 0 amide bonds. The molecule has 2 aromatic heterocycles. The maximum atomic E-state index is 10.9. The molecule has 2 rings (SSSR count). The summed E-state index contributed by atoms with van der Waals surface area (Å²) in [6.45, 7) is 1.54. The van der Waals surface area contributed by atoms with Crippen molar-refractivity contribution in [2.45, 2.75) is 13.3 Å². The Morgan fingerprint density at radius 1 is 1.29 bits per heavy atom. The van der Waals surface area contributed by atoms with Gasteiger partial charge in [0.1, 0.15) is 11.3 Å². The minimum atomic E-state index is 0.0979. The van der Waals surface area contributed by atoms with Crippen molar-refractivity contribution in [1.29, 1.82) is 0 Å². The lowest BCUT2D eigenvalue weighted by atomic mass is 10.2. The molecule has 0 aliphatic rings. The molecule has 0 aliphatic carbocycles. The average Bonchev–Trinajstić information content (AvgIpc) is 2.17. The van der Waals surface area contributed by atoms with Crippen LogP contribution in [0.1, 0.15) is 12.6 Å². The number of hydrogen-bond donors (Lipinski definition) is 0. The van der Waals surface area contributed by atoms with Crippen molar-refractivity contribution in [2.75, 3.05) is 0 Å². The Morgan fingerprint density at radius 2 is 2.07 bits per heavy atom. The second-order valence-electron chi connectivity index (χ2n) is 3.08. The van der Waals surface area contributed by atoms with Crippen molar-refractivity contribution in [3.8, 4) is 0 Å². The maximum Gasteiger partial charge on any atom is 0.178 e. The summed E-state index contributed by atoms with van der Waals surface area (Å²) in [6.07, 6.45) is 3.56. The molecule has 0 unspecified atom stereocenters. The number of carbonyl (C=O) groups is 1. The second-order valence-corrected chi connectivity index (χ2v) is 3.08. The van der Waals surface area contributed by atoms with Gasteiger partial charge in [-0.2, -0.15) is 0 Å². The molecule has 0 N–H and O–H groups in total. The van der Waals surface area contributed by atoms with Crippen LogP contribution >= 0.6 is 0 Å². The van der Waals surface area contributed by atoms with E-state index >= 15 is 0 Å². The van der Waals surface area contributed by atoms with Crippen LogP contribution in [0.5, 0.6) is 0 Å². The Hall–Kier alpha value is -1.84. The average molecular weight is 187 g/mol. The molecule has 2 heterocycles. The summed E-state index contributed by atoms with van der Waals surface area (Å²) >= 11 is 0. The van der Waals surface area contributed by atoms with Gasteiger partial charge in [0.2, 0.25) is 0 Å². The zero-order valence-electron chi connectivity index (χ0n) is 7.77. The quantitative estimate of drug-likeness (QED) is 0.707. The van der Waals surface area contributed by atoms with Crippen molar-refractivity contribution in [2.24, 2.45) is 0 Å². The summed E-state index contributed by atoms with van der Waals surface area (Å²) in [5, 5.41) is 0. The van der Waals surface area contributed by atoms with Gasteiger partial charge in [-0.25, -0.2) is 9.97 Å². The number of Topliss-reactive ketones (excluding diaryl/α,β-unsaturated/α-hetero) is 1. The molecule has 0 fully saturated rings. The van der Waals surface area contributed by atoms with E-state index in [4.69, 9.17) is 0 Å². The van der Waals surface area contributed by atoms with Crippen molar-refractivity contribution in [3.05, 3.63) is 30.2 Å². The van der Waals surface area contributed by atoms with Gasteiger partial charge in [0.25, 0.3) is 0 Å². The second kappa shape index (κ2) is 3.49. The lowest BCUT2D eigenvalue weighted by Gasteiger charge is -1.98. The molecule has 4 heteroatoms. The molecule has 0 atom stereocenters. The van der Waals surface area contributed by atoms with E-state index in [9.17, 15) is 4.79 Å². The summed E-state index contributed by atoms with van der Waals surface area (Å²) in [6, 6.07) is 3.63. The van der Waals surface area contributed by atoms with Crippen LogP contribution in [-0.4, -0.2) is 20.7 Å². The standard InChI is InChI=1S/C10H9N3O/c1-7(14)6-8-2-3-9-10(13-8)12-5-4-11-9/h2-5H,6H2,1H3. The van der Waals surface area contributed by atoms with E-state index in [0.29, 0.717) is 12.1 Å². The van der Waals surface area contributed by atoms with E-state index in [0.717, 1.165) is 11.2 Å². The van der Waals surface area contributed by atoms with E-state index in [-0.39, 0.29) is 5.78 Å². The molecule has 0 aromatic carbocycles. The van der Waals surface area contributed by atoms with Crippen LogP contribution in [0.4, 0.5) is 0 Å². The lowest BCUT2D eigenvalue weighted by molar-refractivity contribution is -0.116. The van der Waals surface area contributed by atoms with Crippen molar-refractivity contribution in [1.82, 2.24) is 15.0 Å². The van der Waals surface area contributed by atoms with Gasteiger partial charge in [-0.15, -0.1) is 0 Å². The lowest BCUT2D eigenvalue weighted by Crippen LogP contribution is -1.99. The number of ketones is 1. The Kier molecular flexibility index (Phi) is 2.18. The minimum Gasteiger partial charge on any atom is -0.300 e. The van der Waals surface area contributed by atoms with E-state index < -0.39 is 0 Å². The summed E-state index contributed by atoms with van der Waals surface area (Å²) in [4.78, 5) is 23.2. The van der Waals surface area contributed by atoms with Crippen LogP contribution in [0.2, 0.25) is 0 Å². The first-order valence-electron chi connectivity index (χ1n) is 4.32. The monoisotopic (exact) mass is 187 g/mol. The first kappa shape index (κ1) is 8.74. The van der Waals surface area contributed by atoms with E-state index in [1.807, 2.05) is 6.07 Å². The SMILES string of the molecule is CC(=O)Cc1ccc2nccnc2n1. The highest BCUT2D eigenvalue weighted by atomic mass is 16.1. The van der Waals surface area contributed by atoms with E-state index in [1.54, 1.807) is 25.4 Å². The van der Waals surface area contributed by atoms with Crippen LogP contribution in [0.25, 0.3) is 11.2 Å². The third kappa shape index (κ3) is 1.74. The molecule has 0 saturated heterocycles. The molecule has 0 radical (unpaired) electrons. The molecule has 0 bridgehead atoms. The van der Waals surface area contributed by atoms with Gasteiger partial charge < -0.3 is 0 Å². The Labute approximate surface area is 81.0 Å². The van der Waals surface area contributed by atoms with Crippen molar-refractivity contribution in [3.63, 3.8) is 0 Å². The Balaban J connectivity index is 2.46. The molecule has 2 aromatic rings. The Bertz CT molecular complexity index is 482. The molecular formula is C10H9N3O. The number of pyridine rings is 1. The Morgan fingerprint density at radius 3 is 2.86 bits per heavy atom. The molecule has 0 aliphatic heterocycles. The topological polar surface area (TPSA) is 55.7 Å². The van der Waals surface area contributed by atoms with Gasteiger partial charge >= 0.3 is 0 Å². The van der Waals surface area contributed by atoms with Gasteiger partial charge in [0.15, 0.2) is 5.65 Å². The first-order valence-corrected chi connectivity index (χ1v) is 4.32. The highest BCUT2D eigenvalue weighted by Crippen LogP contribution is 2.06. The third-order valence-electron chi connectivity index (χ3n) is 1.82. The highest BCUT2D eigenvalue weighted by molar-refractivity contribution is 5.78. The summed E-state index contributed by atoms with van der Waals surface area (Å²) in [5.74, 6) is 0.0979. The van der Waals surface area contributed by atoms with Crippen molar-refractivity contribution >= 4 is 16.9 Å². The predicted molar refractivity (Wildman–Crippen MR) is 51.7 cm³/mol. The zero-order valence-corrected chi connectivity index (χ0v) is 7.77. The fraction of sp³-hybridized carbons (Fsp3) is 0.200. The summed E-state index contributed by atoms with van der Waals surface area (Å²) < 4.78 is 0. The fourth-order valence-electron chi connectivity index (χ4n) is 1.25. The summed E-state index contributed by atoms with van der Waals surface area (Å²) in [7, 11) is 0. The number of fused-ring (bicyclic) bond motifs is 1. The van der Waals surface area contributed by atoms with Crippen LogP contribution < -0.4 is 0 Å². The predicted octanol–water partition coefficient (Wildman–Crippen LogP) is 1.16. The highest BCUT2D eigenvalue weighted by Gasteiger charge is 2.01. The number of nitrogens with zero attached hydrogens (tertiary/aromatic N) is 3. The van der Waals surface area contributed by atoms with Gasteiger partial charge in [0.05, 0.1) is 5.69 Å². The van der Waals surface area contributed by atoms with E-state index in [2.05, 4.69) is 15.0 Å². The fourth-order valence-corrected chi connectivity index (χ4v) is 1.25. The molecule has 0 saturated carbocycles. The van der Waals surface area contributed by atoms with Crippen LogP contribution in [-0.2, 0) is 11.2 Å². The van der Waals surface area contributed by atoms with Crippen LogP contribution in [0.3, 0.4) is 0 Å². The zero-order chi connectivity index (χ0) is 9.97. The van der Waals surface area contributed by atoms with E-state index in [1.165, 1.54) is 0 Å². The normalized spacial score (nSPS) is 10.4. The molecule has 14 heavy (non-hydrogen) atoms. The number of aromatic nitrogens is 3. The van der Waals surface area contributed by atoms with Gasteiger partial charge in [0, 0.05) is 18.8 Å². The molecular weight excluding hydrogens is 178 g/mol. The number of carbonyl (C=O) groups excluding carboxylic acids is 1. The molecule has 0 spiro atoms. The molecule has 4 nitrogen and oxygen atoms in total. The van der Waals surface area contributed by atoms with Crippen LogP contribution in [0, 0.1) is 0 Å². The van der Waals surface area contributed by atoms with Crippen molar-refractivity contribution < 1.29 is 4.79 Å². The summed E-state index contributed by atoms with van der Waals surface area (Å²) in [5.41, 5.74) is 2.08. The minimum absolute atomic E-state index is 0.0979. The third-order valence-corrected chi connectivity index (χ3v) is 1.82. The smallest absolute Gasteiger partial charge is 0.178 e. The maximum absolute atomic E-state index is 10.9. The number of hydrogen-bond acceptors (Lipinski definition) is 4. The van der Waals surface area contributed by atoms with Crippen LogP contribution in [0.15, 0.2) is 24.5 Å². The molecule has 70 valence electrons. The van der Waals surface area contributed by atoms with Gasteiger partial charge in [-0.05, 0) is 19.1 Å².